The zero-order valence-electron chi connectivity index (χ0n) is 14.6. The fourth-order valence-corrected chi connectivity index (χ4v) is 3.73. The van der Waals surface area contributed by atoms with E-state index in [1.54, 1.807) is 0 Å². The highest BCUT2D eigenvalue weighted by atomic mass is 16.3. The van der Waals surface area contributed by atoms with Gasteiger partial charge < -0.3 is 5.11 Å². The predicted molar refractivity (Wildman–Crippen MR) is 91.5 cm³/mol. The molecule has 22 heavy (non-hydrogen) atoms. The number of hydrogen-bond donors (Lipinski definition) is 1. The van der Waals surface area contributed by atoms with Crippen LogP contribution in [0.4, 0.5) is 0 Å². The number of aliphatic hydroxyl groups excluding tert-OH is 1. The van der Waals surface area contributed by atoms with Crippen molar-refractivity contribution in [1.82, 2.24) is 0 Å². The van der Waals surface area contributed by atoms with Crippen LogP contribution in [0, 0.1) is 17.3 Å². The van der Waals surface area contributed by atoms with Gasteiger partial charge in [0.05, 0.1) is 6.10 Å². The minimum atomic E-state index is -0.436. The maximum Gasteiger partial charge on any atom is 0.162 e. The maximum atomic E-state index is 12.3. The minimum Gasteiger partial charge on any atom is -0.389 e. The van der Waals surface area contributed by atoms with E-state index in [4.69, 9.17) is 0 Å². The SMILES string of the molecule is C/C1=C\[C@H](O)C/C(C)=C/CC(=O)/C(C)=C/[C@@H]2[C@H](CC1)C2(C)C. The average Bonchev–Trinajstić information content (AvgIpc) is 2.92. The molecule has 2 aliphatic rings. The largest absolute Gasteiger partial charge is 0.389 e. The molecule has 0 aromatic heterocycles. The van der Waals surface area contributed by atoms with Gasteiger partial charge in [-0.25, -0.2) is 0 Å². The maximum absolute atomic E-state index is 12.3. The zero-order valence-corrected chi connectivity index (χ0v) is 14.6. The molecule has 0 saturated heterocycles. The van der Waals surface area contributed by atoms with E-state index in [0.717, 1.165) is 24.0 Å². The van der Waals surface area contributed by atoms with Crippen LogP contribution in [-0.2, 0) is 4.79 Å². The average molecular weight is 302 g/mol. The number of rotatable bonds is 0. The second kappa shape index (κ2) is 6.54. The topological polar surface area (TPSA) is 37.3 Å². The Kier molecular flexibility index (Phi) is 5.11. The van der Waals surface area contributed by atoms with Gasteiger partial charge in [-0.2, -0.15) is 0 Å². The number of aliphatic hydroxyl groups is 1. The lowest BCUT2D eigenvalue weighted by Gasteiger charge is -2.10. The first kappa shape index (κ1) is 17.2. The monoisotopic (exact) mass is 302 g/mol. The van der Waals surface area contributed by atoms with Gasteiger partial charge in [0.2, 0.25) is 0 Å². The van der Waals surface area contributed by atoms with Crippen LogP contribution in [0.1, 0.15) is 60.3 Å². The van der Waals surface area contributed by atoms with Gasteiger partial charge >= 0.3 is 0 Å². The lowest BCUT2D eigenvalue weighted by molar-refractivity contribution is -0.114. The lowest BCUT2D eigenvalue weighted by Crippen LogP contribution is -2.05. The van der Waals surface area contributed by atoms with Gasteiger partial charge in [-0.15, -0.1) is 0 Å². The van der Waals surface area contributed by atoms with Crippen molar-refractivity contribution in [2.24, 2.45) is 17.3 Å². The van der Waals surface area contributed by atoms with Crippen molar-refractivity contribution in [3.05, 3.63) is 34.9 Å². The van der Waals surface area contributed by atoms with Crippen LogP contribution < -0.4 is 0 Å². The van der Waals surface area contributed by atoms with Crippen LogP contribution in [0.3, 0.4) is 0 Å². The third-order valence-corrected chi connectivity index (χ3v) is 5.50. The van der Waals surface area contributed by atoms with Crippen molar-refractivity contribution in [2.45, 2.75) is 66.4 Å². The first-order valence-electron chi connectivity index (χ1n) is 8.44. The summed E-state index contributed by atoms with van der Waals surface area (Å²) in [5.74, 6) is 1.37. The minimum absolute atomic E-state index is 0.207. The summed E-state index contributed by atoms with van der Waals surface area (Å²) in [6, 6.07) is 0. The number of hydrogen-bond acceptors (Lipinski definition) is 2. The smallest absolute Gasteiger partial charge is 0.162 e. The van der Waals surface area contributed by atoms with E-state index >= 15 is 0 Å². The van der Waals surface area contributed by atoms with Gasteiger partial charge in [-0.1, -0.05) is 43.2 Å². The number of ketones is 1. The summed E-state index contributed by atoms with van der Waals surface area (Å²) in [5.41, 5.74) is 3.55. The predicted octanol–water partition coefficient (Wildman–Crippen LogP) is 4.60. The van der Waals surface area contributed by atoms with Gasteiger partial charge in [0.15, 0.2) is 5.78 Å². The van der Waals surface area contributed by atoms with Crippen molar-refractivity contribution < 1.29 is 9.90 Å². The molecule has 122 valence electrons. The van der Waals surface area contributed by atoms with Gasteiger partial charge in [-0.05, 0) is 62.9 Å². The molecule has 2 nitrogen and oxygen atoms in total. The van der Waals surface area contributed by atoms with Gasteiger partial charge in [0.25, 0.3) is 0 Å². The molecule has 0 aromatic carbocycles. The highest BCUT2D eigenvalue weighted by Gasteiger charge is 2.55. The Morgan fingerprint density at radius 2 is 1.82 bits per heavy atom. The van der Waals surface area contributed by atoms with E-state index < -0.39 is 6.10 Å². The normalized spacial score (nSPS) is 40.2. The molecule has 0 unspecified atom stereocenters. The second-order valence-electron chi connectivity index (χ2n) is 7.80. The van der Waals surface area contributed by atoms with Gasteiger partial charge in [0.1, 0.15) is 0 Å². The molecule has 1 saturated carbocycles. The molecule has 0 amide bonds. The van der Waals surface area contributed by atoms with Crippen molar-refractivity contribution in [3.8, 4) is 0 Å². The van der Waals surface area contributed by atoms with Crippen molar-refractivity contribution >= 4 is 5.78 Å². The number of allylic oxidation sites excluding steroid dienone is 4. The third-order valence-electron chi connectivity index (χ3n) is 5.50. The van der Waals surface area contributed by atoms with E-state index in [2.05, 4.69) is 26.8 Å². The Morgan fingerprint density at radius 1 is 1.14 bits per heavy atom. The summed E-state index contributed by atoms with van der Waals surface area (Å²) in [6.45, 7) is 10.6. The van der Waals surface area contributed by atoms with Gasteiger partial charge in [-0.3, -0.25) is 4.79 Å². The van der Waals surface area contributed by atoms with Crippen LogP contribution in [0.15, 0.2) is 34.9 Å². The second-order valence-corrected chi connectivity index (χ2v) is 7.80. The molecule has 1 N–H and O–H groups in total. The van der Waals surface area contributed by atoms with E-state index in [0.29, 0.717) is 30.1 Å². The van der Waals surface area contributed by atoms with E-state index in [1.807, 2.05) is 26.0 Å². The molecule has 1 fully saturated rings. The molecule has 0 spiro atoms. The highest BCUT2D eigenvalue weighted by molar-refractivity contribution is 5.95. The number of carbonyl (C=O) groups excluding carboxylic acids is 1. The summed E-state index contributed by atoms with van der Waals surface area (Å²) in [4.78, 5) is 12.3. The molecular weight excluding hydrogens is 272 g/mol. The molecule has 0 aromatic rings. The summed E-state index contributed by atoms with van der Waals surface area (Å²) in [5, 5.41) is 10.1. The molecule has 0 heterocycles. The van der Waals surface area contributed by atoms with Crippen LogP contribution in [-0.4, -0.2) is 17.0 Å². The fourth-order valence-electron chi connectivity index (χ4n) is 3.73. The Morgan fingerprint density at radius 3 is 2.50 bits per heavy atom. The number of carbonyl (C=O) groups is 1. The highest BCUT2D eigenvalue weighted by Crippen LogP contribution is 2.61. The molecule has 2 heteroatoms. The third kappa shape index (κ3) is 3.98. The lowest BCUT2D eigenvalue weighted by atomic mass is 10.00. The Hall–Kier alpha value is -1.15. The Bertz CT molecular complexity index is 534. The first-order valence-corrected chi connectivity index (χ1v) is 8.44. The molecule has 2 rings (SSSR count). The summed E-state index contributed by atoms with van der Waals surface area (Å²) in [6.07, 6.45) is 8.95. The van der Waals surface area contributed by atoms with E-state index in [9.17, 15) is 9.90 Å². The van der Waals surface area contributed by atoms with Crippen LogP contribution in [0.25, 0.3) is 0 Å². The van der Waals surface area contributed by atoms with Crippen molar-refractivity contribution in [2.75, 3.05) is 0 Å². The molecule has 0 radical (unpaired) electrons. The Balaban J connectivity index is 2.23. The summed E-state index contributed by atoms with van der Waals surface area (Å²) >= 11 is 0. The quantitative estimate of drug-likeness (QED) is 0.664. The molecule has 0 bridgehead atoms. The van der Waals surface area contributed by atoms with Crippen molar-refractivity contribution in [3.63, 3.8) is 0 Å². The first-order chi connectivity index (χ1) is 10.2. The van der Waals surface area contributed by atoms with Crippen molar-refractivity contribution in [1.29, 1.82) is 0 Å². The molecule has 0 aliphatic heterocycles. The molecular formula is C20H30O2. The van der Waals surface area contributed by atoms with E-state index in [1.165, 1.54) is 5.57 Å². The van der Waals surface area contributed by atoms with Gasteiger partial charge in [0, 0.05) is 6.42 Å². The van der Waals surface area contributed by atoms with Crippen LogP contribution in [0.5, 0.6) is 0 Å². The van der Waals surface area contributed by atoms with E-state index in [-0.39, 0.29) is 5.78 Å². The molecule has 3 atom stereocenters. The van der Waals surface area contributed by atoms with Crippen LogP contribution >= 0.6 is 0 Å². The van der Waals surface area contributed by atoms with Crippen LogP contribution in [0.2, 0.25) is 0 Å². The number of fused-ring (bicyclic) bond motifs is 1. The zero-order chi connectivity index (χ0) is 16.5. The number of Topliss-reactive ketones (excluding diaryl/α,β-unsaturated/α-hetero) is 1. The summed E-state index contributed by atoms with van der Waals surface area (Å²) in [7, 11) is 0. The molecule has 2 aliphatic carbocycles. The fraction of sp³-hybridized carbons (Fsp3) is 0.650. The Labute approximate surface area is 135 Å². The summed E-state index contributed by atoms with van der Waals surface area (Å²) < 4.78 is 0. The standard InChI is InChI=1S/C20H30O2/c1-13-6-8-17-18(20(17,4)5)12-15(3)19(22)9-7-14(2)11-16(21)10-13/h7,10,12,16-18,21H,6,8-9,11H2,1-5H3/b13-10+,14-7+,15-12+/t16-,17-,18+/m0/s1.